The number of halogens is 1. The van der Waals surface area contributed by atoms with Crippen molar-refractivity contribution in [3.05, 3.63) is 64.9 Å². The Bertz CT molecular complexity index is 757. The van der Waals surface area contributed by atoms with Gasteiger partial charge in [0.05, 0.1) is 11.0 Å². The van der Waals surface area contributed by atoms with Crippen molar-refractivity contribution in [2.45, 2.75) is 33.2 Å². The summed E-state index contributed by atoms with van der Waals surface area (Å²) in [6.45, 7) is 5.54. The number of benzene rings is 2. The molecule has 2 aromatic carbocycles. The average molecular weight is 313 g/mol. The van der Waals surface area contributed by atoms with Crippen molar-refractivity contribution in [2.24, 2.45) is 5.92 Å². The molecule has 0 aliphatic rings. The fourth-order valence-corrected chi connectivity index (χ4v) is 2.81. The zero-order chi connectivity index (χ0) is 15.5. The van der Waals surface area contributed by atoms with E-state index in [1.54, 1.807) is 0 Å². The molecule has 0 radical (unpaired) electrons. The molecule has 0 aliphatic carbocycles. The lowest BCUT2D eigenvalue weighted by molar-refractivity contribution is 0.514. The standard InChI is InChI=1S/C19H21ClN2/c1-14(2)11-12-22-18-6-4-3-5-17(18)21-19(22)13-15-7-9-16(20)10-8-15/h3-10,14H,11-13H2,1-2H3. The van der Waals surface area contributed by atoms with Crippen LogP contribution in [0.4, 0.5) is 0 Å². The van der Waals surface area contributed by atoms with Crippen LogP contribution in [0.3, 0.4) is 0 Å². The summed E-state index contributed by atoms with van der Waals surface area (Å²) >= 11 is 5.97. The zero-order valence-corrected chi connectivity index (χ0v) is 13.8. The molecule has 1 heterocycles. The first kappa shape index (κ1) is 15.1. The molecule has 0 N–H and O–H groups in total. The van der Waals surface area contributed by atoms with E-state index in [9.17, 15) is 0 Å². The third-order valence-electron chi connectivity index (χ3n) is 3.94. The van der Waals surface area contributed by atoms with Gasteiger partial charge in [0.25, 0.3) is 0 Å². The van der Waals surface area contributed by atoms with Crippen LogP contribution in [0.15, 0.2) is 48.5 Å². The molecule has 0 bridgehead atoms. The van der Waals surface area contributed by atoms with E-state index in [2.05, 4.69) is 48.7 Å². The number of para-hydroxylation sites is 2. The van der Waals surface area contributed by atoms with Crippen molar-refractivity contribution in [1.82, 2.24) is 9.55 Å². The molecule has 0 unspecified atom stereocenters. The molecular weight excluding hydrogens is 292 g/mol. The van der Waals surface area contributed by atoms with E-state index in [-0.39, 0.29) is 0 Å². The number of aromatic nitrogens is 2. The molecule has 0 amide bonds. The Kier molecular flexibility index (Phi) is 4.49. The predicted octanol–water partition coefficient (Wildman–Crippen LogP) is 5.33. The van der Waals surface area contributed by atoms with Crippen LogP contribution in [-0.2, 0) is 13.0 Å². The molecule has 114 valence electrons. The average Bonchev–Trinajstić information content (AvgIpc) is 2.85. The molecule has 3 rings (SSSR count). The van der Waals surface area contributed by atoms with E-state index in [4.69, 9.17) is 16.6 Å². The highest BCUT2D eigenvalue weighted by atomic mass is 35.5. The molecule has 22 heavy (non-hydrogen) atoms. The third kappa shape index (κ3) is 3.33. The minimum atomic E-state index is 0.685. The van der Waals surface area contributed by atoms with Crippen LogP contribution in [-0.4, -0.2) is 9.55 Å². The minimum Gasteiger partial charge on any atom is -0.328 e. The molecule has 0 spiro atoms. The molecule has 0 atom stereocenters. The van der Waals surface area contributed by atoms with E-state index < -0.39 is 0 Å². The number of aryl methyl sites for hydroxylation is 1. The summed E-state index contributed by atoms with van der Waals surface area (Å²) in [5.74, 6) is 1.81. The lowest BCUT2D eigenvalue weighted by Crippen LogP contribution is -2.07. The predicted molar refractivity (Wildman–Crippen MR) is 93.4 cm³/mol. The van der Waals surface area contributed by atoms with Gasteiger partial charge in [0, 0.05) is 18.0 Å². The summed E-state index contributed by atoms with van der Waals surface area (Å²) in [7, 11) is 0. The van der Waals surface area contributed by atoms with Crippen LogP contribution < -0.4 is 0 Å². The van der Waals surface area contributed by atoms with Crippen molar-refractivity contribution in [1.29, 1.82) is 0 Å². The van der Waals surface area contributed by atoms with Gasteiger partial charge in [-0.3, -0.25) is 0 Å². The van der Waals surface area contributed by atoms with Gasteiger partial charge in [-0.1, -0.05) is 49.7 Å². The van der Waals surface area contributed by atoms with Crippen LogP contribution in [0, 0.1) is 5.92 Å². The molecule has 2 nitrogen and oxygen atoms in total. The van der Waals surface area contributed by atoms with Crippen LogP contribution in [0.2, 0.25) is 5.02 Å². The van der Waals surface area contributed by atoms with E-state index in [0.29, 0.717) is 5.92 Å². The fraction of sp³-hybridized carbons (Fsp3) is 0.316. The molecule has 1 aromatic heterocycles. The maximum Gasteiger partial charge on any atom is 0.114 e. The summed E-state index contributed by atoms with van der Waals surface area (Å²) < 4.78 is 2.37. The number of nitrogens with zero attached hydrogens (tertiary/aromatic N) is 2. The Hall–Kier alpha value is -1.80. The first-order valence-corrected chi connectivity index (χ1v) is 8.20. The van der Waals surface area contributed by atoms with Gasteiger partial charge in [-0.2, -0.15) is 0 Å². The number of fused-ring (bicyclic) bond motifs is 1. The Morgan fingerprint density at radius 2 is 1.77 bits per heavy atom. The smallest absolute Gasteiger partial charge is 0.114 e. The lowest BCUT2D eigenvalue weighted by atomic mass is 10.1. The number of imidazole rings is 1. The largest absolute Gasteiger partial charge is 0.328 e. The second-order valence-corrected chi connectivity index (χ2v) is 6.59. The van der Waals surface area contributed by atoms with Crippen molar-refractivity contribution in [2.75, 3.05) is 0 Å². The topological polar surface area (TPSA) is 17.8 Å². The normalized spacial score (nSPS) is 11.5. The van der Waals surface area contributed by atoms with Crippen LogP contribution in [0.5, 0.6) is 0 Å². The molecule has 0 aliphatic heterocycles. The SMILES string of the molecule is CC(C)CCn1c(Cc2ccc(Cl)cc2)nc2ccccc21. The monoisotopic (exact) mass is 312 g/mol. The highest BCUT2D eigenvalue weighted by molar-refractivity contribution is 6.30. The molecule has 0 saturated heterocycles. The molecule has 0 fully saturated rings. The van der Waals surface area contributed by atoms with Crippen LogP contribution in [0.25, 0.3) is 11.0 Å². The summed E-state index contributed by atoms with van der Waals surface area (Å²) in [6, 6.07) is 16.4. The number of rotatable bonds is 5. The van der Waals surface area contributed by atoms with E-state index in [1.165, 1.54) is 11.1 Å². The van der Waals surface area contributed by atoms with Gasteiger partial charge in [0.1, 0.15) is 5.82 Å². The van der Waals surface area contributed by atoms with Crippen LogP contribution >= 0.6 is 11.6 Å². The van der Waals surface area contributed by atoms with Gasteiger partial charge >= 0.3 is 0 Å². The Morgan fingerprint density at radius 1 is 1.05 bits per heavy atom. The molecular formula is C19H21ClN2. The van der Waals surface area contributed by atoms with Gasteiger partial charge in [0.15, 0.2) is 0 Å². The fourth-order valence-electron chi connectivity index (χ4n) is 2.68. The zero-order valence-electron chi connectivity index (χ0n) is 13.1. The Morgan fingerprint density at radius 3 is 2.50 bits per heavy atom. The minimum absolute atomic E-state index is 0.685. The van der Waals surface area contributed by atoms with Crippen molar-refractivity contribution < 1.29 is 0 Å². The van der Waals surface area contributed by atoms with Crippen molar-refractivity contribution >= 4 is 22.6 Å². The van der Waals surface area contributed by atoms with Gasteiger partial charge in [-0.05, 0) is 42.2 Å². The van der Waals surface area contributed by atoms with Crippen molar-refractivity contribution in [3.63, 3.8) is 0 Å². The van der Waals surface area contributed by atoms with Crippen molar-refractivity contribution in [3.8, 4) is 0 Å². The highest BCUT2D eigenvalue weighted by Crippen LogP contribution is 2.20. The summed E-state index contributed by atoms with van der Waals surface area (Å²) in [6.07, 6.45) is 2.00. The number of hydrogen-bond acceptors (Lipinski definition) is 1. The second-order valence-electron chi connectivity index (χ2n) is 6.15. The van der Waals surface area contributed by atoms with Gasteiger partial charge in [-0.25, -0.2) is 4.98 Å². The number of hydrogen-bond donors (Lipinski definition) is 0. The quantitative estimate of drug-likeness (QED) is 0.623. The highest BCUT2D eigenvalue weighted by Gasteiger charge is 2.11. The maximum atomic E-state index is 5.97. The molecule has 3 heteroatoms. The molecule has 0 saturated carbocycles. The first-order chi connectivity index (χ1) is 10.6. The third-order valence-corrected chi connectivity index (χ3v) is 4.19. The van der Waals surface area contributed by atoms with Gasteiger partial charge in [-0.15, -0.1) is 0 Å². The first-order valence-electron chi connectivity index (χ1n) is 7.82. The summed E-state index contributed by atoms with van der Waals surface area (Å²) in [4.78, 5) is 4.84. The lowest BCUT2D eigenvalue weighted by Gasteiger charge is -2.11. The van der Waals surface area contributed by atoms with E-state index in [0.717, 1.165) is 35.8 Å². The summed E-state index contributed by atoms with van der Waals surface area (Å²) in [5.41, 5.74) is 3.55. The maximum absolute atomic E-state index is 5.97. The van der Waals surface area contributed by atoms with Crippen LogP contribution in [0.1, 0.15) is 31.7 Å². The Labute approximate surface area is 136 Å². The van der Waals surface area contributed by atoms with E-state index >= 15 is 0 Å². The Balaban J connectivity index is 1.96. The molecule has 3 aromatic rings. The van der Waals surface area contributed by atoms with E-state index in [1.807, 2.05) is 18.2 Å². The van der Waals surface area contributed by atoms with Gasteiger partial charge < -0.3 is 4.57 Å². The second kappa shape index (κ2) is 6.53. The van der Waals surface area contributed by atoms with Gasteiger partial charge in [0.2, 0.25) is 0 Å². The summed E-state index contributed by atoms with van der Waals surface area (Å²) in [5, 5.41) is 0.775.